The summed E-state index contributed by atoms with van der Waals surface area (Å²) in [7, 11) is -0.649. The van der Waals surface area contributed by atoms with Gasteiger partial charge in [0.1, 0.15) is 0 Å². The highest BCUT2D eigenvalue weighted by atomic mass is 32.2. The van der Waals surface area contributed by atoms with Crippen molar-refractivity contribution < 1.29 is 18.3 Å². The molecule has 0 fully saturated rings. The summed E-state index contributed by atoms with van der Waals surface area (Å²) in [6.45, 7) is 5.90. The molecule has 7 heteroatoms. The summed E-state index contributed by atoms with van der Waals surface area (Å²) in [5.41, 5.74) is 0. The Morgan fingerprint density at radius 1 is 1.22 bits per heavy atom. The minimum absolute atomic E-state index is 0.0175. The van der Waals surface area contributed by atoms with E-state index >= 15 is 0 Å². The maximum Gasteiger partial charge on any atom is 0.304 e. The fourth-order valence-corrected chi connectivity index (χ4v) is 2.95. The van der Waals surface area contributed by atoms with Gasteiger partial charge in [-0.25, -0.2) is 0 Å². The van der Waals surface area contributed by atoms with E-state index in [4.69, 9.17) is 5.11 Å². The van der Waals surface area contributed by atoms with Crippen molar-refractivity contribution >= 4 is 16.2 Å². The average Bonchev–Trinajstić information content (AvgIpc) is 2.23. The molecule has 0 spiro atoms. The number of aliphatic carboxylic acids is 1. The third kappa shape index (κ3) is 5.32. The molecule has 108 valence electrons. The maximum absolute atomic E-state index is 12.1. The number of hydrogen-bond donors (Lipinski definition) is 1. The topological polar surface area (TPSA) is 77.9 Å². The van der Waals surface area contributed by atoms with Crippen molar-refractivity contribution in [3.63, 3.8) is 0 Å². The first-order valence-electron chi connectivity index (χ1n) is 6.00. The van der Waals surface area contributed by atoms with Gasteiger partial charge in [0.15, 0.2) is 0 Å². The van der Waals surface area contributed by atoms with Crippen molar-refractivity contribution in [3.8, 4) is 0 Å². The molecule has 1 N–H and O–H groups in total. The molecule has 0 heterocycles. The van der Waals surface area contributed by atoms with Gasteiger partial charge >= 0.3 is 5.97 Å². The molecular weight excluding hydrogens is 256 g/mol. The molecule has 0 aliphatic heterocycles. The zero-order chi connectivity index (χ0) is 14.5. The van der Waals surface area contributed by atoms with Crippen LogP contribution in [0.5, 0.6) is 0 Å². The van der Waals surface area contributed by atoms with Gasteiger partial charge in [0.25, 0.3) is 10.2 Å². The van der Waals surface area contributed by atoms with Crippen LogP contribution >= 0.6 is 0 Å². The Balaban J connectivity index is 4.64. The maximum atomic E-state index is 12.1. The van der Waals surface area contributed by atoms with Crippen LogP contribution in [-0.2, 0) is 15.0 Å². The lowest BCUT2D eigenvalue weighted by molar-refractivity contribution is -0.137. The van der Waals surface area contributed by atoms with E-state index in [1.165, 1.54) is 18.4 Å². The van der Waals surface area contributed by atoms with Gasteiger partial charge in [0.2, 0.25) is 0 Å². The molecule has 0 aliphatic carbocycles. The molecule has 0 radical (unpaired) electrons. The zero-order valence-electron chi connectivity index (χ0n) is 11.8. The van der Waals surface area contributed by atoms with Gasteiger partial charge in [-0.1, -0.05) is 13.8 Å². The van der Waals surface area contributed by atoms with Crippen LogP contribution in [-0.4, -0.2) is 54.8 Å². The van der Waals surface area contributed by atoms with Crippen molar-refractivity contribution in [1.29, 1.82) is 0 Å². The summed E-state index contributed by atoms with van der Waals surface area (Å²) < 4.78 is 26.6. The molecule has 6 nitrogen and oxygen atoms in total. The standard InChI is InChI=1S/C11H24N2O4S/c1-9(2)8-10(3)13(5)18(16,17)12(4)7-6-11(14)15/h9-10H,6-8H2,1-5H3,(H,14,15). The van der Waals surface area contributed by atoms with E-state index < -0.39 is 16.2 Å². The van der Waals surface area contributed by atoms with Crippen LogP contribution in [0.1, 0.15) is 33.6 Å². The summed E-state index contributed by atoms with van der Waals surface area (Å²) in [6, 6.07) is -0.109. The van der Waals surface area contributed by atoms with E-state index in [9.17, 15) is 13.2 Å². The summed E-state index contributed by atoms with van der Waals surface area (Å²) in [5.74, 6) is -0.600. The predicted octanol–water partition coefficient (Wildman–Crippen LogP) is 1.00. The minimum atomic E-state index is -3.58. The SMILES string of the molecule is CC(C)CC(C)N(C)S(=O)(=O)N(C)CCC(=O)O. The lowest BCUT2D eigenvalue weighted by atomic mass is 10.1. The van der Waals surface area contributed by atoms with Gasteiger partial charge in [-0.05, 0) is 19.3 Å². The highest BCUT2D eigenvalue weighted by molar-refractivity contribution is 7.86. The summed E-state index contributed by atoms with van der Waals surface area (Å²) in [5, 5.41) is 8.56. The number of carbonyl (C=O) groups is 1. The molecule has 18 heavy (non-hydrogen) atoms. The van der Waals surface area contributed by atoms with Crippen molar-refractivity contribution in [2.45, 2.75) is 39.7 Å². The van der Waals surface area contributed by atoms with Gasteiger partial charge < -0.3 is 5.11 Å². The second kappa shape index (κ2) is 7.06. The third-order valence-corrected chi connectivity index (χ3v) is 4.89. The van der Waals surface area contributed by atoms with Crippen molar-refractivity contribution in [2.24, 2.45) is 5.92 Å². The van der Waals surface area contributed by atoms with Gasteiger partial charge in [-0.3, -0.25) is 4.79 Å². The van der Waals surface area contributed by atoms with Crippen LogP contribution in [0.3, 0.4) is 0 Å². The molecule has 0 rings (SSSR count). The van der Waals surface area contributed by atoms with Gasteiger partial charge in [0, 0.05) is 26.7 Å². The Kier molecular flexibility index (Phi) is 6.80. The lowest BCUT2D eigenvalue weighted by Crippen LogP contribution is -2.44. The first-order valence-corrected chi connectivity index (χ1v) is 7.39. The van der Waals surface area contributed by atoms with Crippen LogP contribution < -0.4 is 0 Å². The van der Waals surface area contributed by atoms with E-state index in [2.05, 4.69) is 0 Å². The van der Waals surface area contributed by atoms with Gasteiger partial charge in [-0.15, -0.1) is 0 Å². The largest absolute Gasteiger partial charge is 0.481 e. The molecule has 0 saturated heterocycles. The Bertz CT molecular complexity index is 367. The van der Waals surface area contributed by atoms with Crippen molar-refractivity contribution in [3.05, 3.63) is 0 Å². The number of hydrogen-bond acceptors (Lipinski definition) is 3. The normalized spacial score (nSPS) is 14.4. The Morgan fingerprint density at radius 2 is 1.72 bits per heavy atom. The quantitative estimate of drug-likeness (QED) is 0.719. The first-order chi connectivity index (χ1) is 8.09. The number of carboxylic acid groups (broad SMARTS) is 1. The Hall–Kier alpha value is -0.660. The zero-order valence-corrected chi connectivity index (χ0v) is 12.6. The predicted molar refractivity (Wildman–Crippen MR) is 70.5 cm³/mol. The van der Waals surface area contributed by atoms with E-state index in [0.29, 0.717) is 5.92 Å². The summed E-state index contributed by atoms with van der Waals surface area (Å²) in [4.78, 5) is 10.4. The smallest absolute Gasteiger partial charge is 0.304 e. The third-order valence-electron chi connectivity index (χ3n) is 2.83. The van der Waals surface area contributed by atoms with Gasteiger partial charge in [0.05, 0.1) is 6.42 Å². The molecule has 0 saturated carbocycles. The molecule has 0 aromatic rings. The number of carboxylic acids is 1. The molecule has 0 aromatic carbocycles. The monoisotopic (exact) mass is 280 g/mol. The molecule has 1 unspecified atom stereocenters. The highest BCUT2D eigenvalue weighted by Gasteiger charge is 2.27. The second-order valence-electron chi connectivity index (χ2n) is 4.97. The van der Waals surface area contributed by atoms with Crippen LogP contribution in [0.2, 0.25) is 0 Å². The van der Waals surface area contributed by atoms with Gasteiger partial charge in [-0.2, -0.15) is 17.0 Å². The Morgan fingerprint density at radius 3 is 2.11 bits per heavy atom. The van der Waals surface area contributed by atoms with Crippen molar-refractivity contribution in [2.75, 3.05) is 20.6 Å². The van der Waals surface area contributed by atoms with Crippen LogP contribution in [0.25, 0.3) is 0 Å². The van der Waals surface area contributed by atoms with Crippen molar-refractivity contribution in [1.82, 2.24) is 8.61 Å². The fourth-order valence-electron chi connectivity index (χ4n) is 1.65. The highest BCUT2D eigenvalue weighted by Crippen LogP contribution is 2.15. The Labute approximate surface area is 110 Å². The average molecular weight is 280 g/mol. The summed E-state index contributed by atoms with van der Waals surface area (Å²) in [6.07, 6.45) is 0.574. The fraction of sp³-hybridized carbons (Fsp3) is 0.909. The minimum Gasteiger partial charge on any atom is -0.481 e. The molecular formula is C11H24N2O4S. The molecule has 0 aliphatic rings. The first kappa shape index (κ1) is 17.3. The van der Waals surface area contributed by atoms with E-state index in [1.807, 2.05) is 20.8 Å². The second-order valence-corrected chi connectivity index (χ2v) is 7.06. The van der Waals surface area contributed by atoms with E-state index in [0.717, 1.165) is 10.7 Å². The lowest BCUT2D eigenvalue weighted by Gasteiger charge is -2.29. The van der Waals surface area contributed by atoms with Crippen LogP contribution in [0.4, 0.5) is 0 Å². The molecule has 1 atom stereocenters. The van der Waals surface area contributed by atoms with E-state index in [1.54, 1.807) is 0 Å². The molecule has 0 amide bonds. The van der Waals surface area contributed by atoms with Crippen LogP contribution in [0.15, 0.2) is 0 Å². The van der Waals surface area contributed by atoms with Crippen LogP contribution in [0, 0.1) is 5.92 Å². The van der Waals surface area contributed by atoms with E-state index in [-0.39, 0.29) is 19.0 Å². The summed E-state index contributed by atoms with van der Waals surface area (Å²) >= 11 is 0. The number of rotatable bonds is 8. The molecule has 0 bridgehead atoms. The number of nitrogens with zero attached hydrogens (tertiary/aromatic N) is 2. The molecule has 0 aromatic heterocycles.